The van der Waals surface area contributed by atoms with Crippen molar-refractivity contribution in [2.45, 2.75) is 6.61 Å². The second-order valence-electron chi connectivity index (χ2n) is 4.67. The summed E-state index contributed by atoms with van der Waals surface area (Å²) >= 11 is 3.33. The highest BCUT2D eigenvalue weighted by molar-refractivity contribution is 9.10. The highest BCUT2D eigenvalue weighted by Crippen LogP contribution is 2.11. The maximum atomic E-state index is 11.6. The van der Waals surface area contributed by atoms with Crippen LogP contribution in [0.25, 0.3) is 0 Å². The summed E-state index contributed by atoms with van der Waals surface area (Å²) in [7, 11) is 0. The van der Waals surface area contributed by atoms with Crippen LogP contribution >= 0.6 is 15.9 Å². The number of amides is 1. The molecule has 0 aliphatic heterocycles. The summed E-state index contributed by atoms with van der Waals surface area (Å²) in [5.41, 5.74) is 0.875. The molecule has 0 radical (unpaired) electrons. The van der Waals surface area contributed by atoms with Gasteiger partial charge in [-0.25, -0.2) is 0 Å². The molecule has 0 atom stereocenters. The van der Waals surface area contributed by atoms with Gasteiger partial charge >= 0.3 is 5.97 Å². The molecule has 120 valence electrons. The Labute approximate surface area is 142 Å². The summed E-state index contributed by atoms with van der Waals surface area (Å²) in [5, 5.41) is 2.45. The minimum absolute atomic E-state index is 0.149. The number of esters is 1. The van der Waals surface area contributed by atoms with Crippen LogP contribution in [0.4, 0.5) is 0 Å². The predicted molar refractivity (Wildman–Crippen MR) is 88.9 cm³/mol. The third kappa shape index (κ3) is 6.52. The van der Waals surface area contributed by atoms with Crippen LogP contribution in [0.5, 0.6) is 5.75 Å². The topological polar surface area (TPSA) is 64.6 Å². The summed E-state index contributed by atoms with van der Waals surface area (Å²) in [6, 6.07) is 16.4. The molecule has 0 saturated heterocycles. The molecule has 0 saturated carbocycles. The van der Waals surface area contributed by atoms with Crippen LogP contribution in [0.1, 0.15) is 5.56 Å². The Balaban J connectivity index is 1.63. The van der Waals surface area contributed by atoms with E-state index in [-0.39, 0.29) is 25.7 Å². The first kappa shape index (κ1) is 17.0. The average molecular weight is 378 g/mol. The van der Waals surface area contributed by atoms with Gasteiger partial charge in [0.1, 0.15) is 18.9 Å². The molecule has 2 aromatic carbocycles. The Morgan fingerprint density at radius 3 is 2.39 bits per heavy atom. The third-order valence-electron chi connectivity index (χ3n) is 2.86. The minimum atomic E-state index is -0.499. The molecule has 0 bridgehead atoms. The maximum absolute atomic E-state index is 11.6. The van der Waals surface area contributed by atoms with Gasteiger partial charge in [0.15, 0.2) is 6.61 Å². The first-order valence-electron chi connectivity index (χ1n) is 6.98. The lowest BCUT2D eigenvalue weighted by Crippen LogP contribution is -2.34. The molecule has 0 aliphatic carbocycles. The molecule has 0 fully saturated rings. The average Bonchev–Trinajstić information content (AvgIpc) is 2.58. The van der Waals surface area contributed by atoms with Crippen molar-refractivity contribution in [1.29, 1.82) is 0 Å². The van der Waals surface area contributed by atoms with Crippen LogP contribution in [-0.2, 0) is 20.9 Å². The highest BCUT2D eigenvalue weighted by Gasteiger charge is 2.07. The van der Waals surface area contributed by atoms with E-state index in [0.717, 1.165) is 10.0 Å². The summed E-state index contributed by atoms with van der Waals surface area (Å²) in [4.78, 5) is 23.2. The number of para-hydroxylation sites is 1. The van der Waals surface area contributed by atoms with Crippen molar-refractivity contribution in [2.24, 2.45) is 0 Å². The molecular formula is C17H16BrNO4. The minimum Gasteiger partial charge on any atom is -0.484 e. The molecule has 5 nitrogen and oxygen atoms in total. The summed E-state index contributed by atoms with van der Waals surface area (Å²) < 4.78 is 11.3. The molecule has 0 heterocycles. The molecule has 0 aromatic heterocycles. The van der Waals surface area contributed by atoms with Crippen LogP contribution in [-0.4, -0.2) is 25.0 Å². The summed E-state index contributed by atoms with van der Waals surface area (Å²) in [6.07, 6.45) is 0. The number of hydrogen-bond acceptors (Lipinski definition) is 4. The Kier molecular flexibility index (Phi) is 6.62. The van der Waals surface area contributed by atoms with Gasteiger partial charge in [-0.15, -0.1) is 0 Å². The lowest BCUT2D eigenvalue weighted by molar-refractivity contribution is -0.145. The van der Waals surface area contributed by atoms with Crippen molar-refractivity contribution in [3.05, 3.63) is 64.6 Å². The number of hydrogen-bond donors (Lipinski definition) is 1. The number of carbonyl (C=O) groups excluding carboxylic acids is 2. The van der Waals surface area contributed by atoms with E-state index >= 15 is 0 Å². The lowest BCUT2D eigenvalue weighted by Gasteiger charge is -2.08. The Morgan fingerprint density at radius 2 is 1.70 bits per heavy atom. The standard InChI is InChI=1S/C17H16BrNO4/c18-14-8-6-13(7-9-14)11-23-17(21)10-19-16(20)12-22-15-4-2-1-3-5-15/h1-9H,10-12H2,(H,19,20). The van der Waals surface area contributed by atoms with E-state index in [9.17, 15) is 9.59 Å². The molecule has 1 N–H and O–H groups in total. The molecular weight excluding hydrogens is 362 g/mol. The maximum Gasteiger partial charge on any atom is 0.325 e. The first-order valence-corrected chi connectivity index (χ1v) is 7.77. The molecule has 0 spiro atoms. The van der Waals surface area contributed by atoms with Crippen LogP contribution < -0.4 is 10.1 Å². The molecule has 6 heteroatoms. The fourth-order valence-electron chi connectivity index (χ4n) is 1.68. The van der Waals surface area contributed by atoms with Gasteiger partial charge in [-0.3, -0.25) is 9.59 Å². The Hall–Kier alpha value is -2.34. The van der Waals surface area contributed by atoms with E-state index in [1.165, 1.54) is 0 Å². The molecule has 0 unspecified atom stereocenters. The number of nitrogens with one attached hydrogen (secondary N) is 1. The first-order chi connectivity index (χ1) is 11.1. The second kappa shape index (κ2) is 8.95. The van der Waals surface area contributed by atoms with Crippen LogP contribution in [0.15, 0.2) is 59.1 Å². The molecule has 0 aliphatic rings. The van der Waals surface area contributed by atoms with Gasteiger partial charge in [-0.2, -0.15) is 0 Å². The second-order valence-corrected chi connectivity index (χ2v) is 5.58. The van der Waals surface area contributed by atoms with Crippen molar-refractivity contribution in [3.8, 4) is 5.75 Å². The lowest BCUT2D eigenvalue weighted by atomic mass is 10.2. The number of carbonyl (C=O) groups is 2. The molecule has 2 rings (SSSR count). The van der Waals surface area contributed by atoms with Gasteiger partial charge in [-0.1, -0.05) is 46.3 Å². The van der Waals surface area contributed by atoms with Gasteiger partial charge in [0.05, 0.1) is 0 Å². The van der Waals surface area contributed by atoms with Gasteiger partial charge in [0, 0.05) is 4.47 Å². The SMILES string of the molecule is O=C(COc1ccccc1)NCC(=O)OCc1ccc(Br)cc1. The fraction of sp³-hybridized carbons (Fsp3) is 0.176. The van der Waals surface area contributed by atoms with Gasteiger partial charge in [0.25, 0.3) is 5.91 Å². The Morgan fingerprint density at radius 1 is 1.00 bits per heavy atom. The number of ether oxygens (including phenoxy) is 2. The molecule has 1 amide bonds. The summed E-state index contributed by atoms with van der Waals surface area (Å²) in [5.74, 6) is -0.282. The van der Waals surface area contributed by atoms with Crippen molar-refractivity contribution in [3.63, 3.8) is 0 Å². The third-order valence-corrected chi connectivity index (χ3v) is 3.38. The highest BCUT2D eigenvalue weighted by atomic mass is 79.9. The zero-order chi connectivity index (χ0) is 16.5. The van der Waals surface area contributed by atoms with Crippen molar-refractivity contribution in [2.75, 3.05) is 13.2 Å². The van der Waals surface area contributed by atoms with Crippen LogP contribution in [0, 0.1) is 0 Å². The van der Waals surface area contributed by atoms with Gasteiger partial charge < -0.3 is 14.8 Å². The van der Waals surface area contributed by atoms with Crippen molar-refractivity contribution in [1.82, 2.24) is 5.32 Å². The van der Waals surface area contributed by atoms with Crippen LogP contribution in [0.2, 0.25) is 0 Å². The normalized spacial score (nSPS) is 9.96. The Bertz CT molecular complexity index is 643. The quantitative estimate of drug-likeness (QED) is 0.753. The number of halogens is 1. The van der Waals surface area contributed by atoms with Gasteiger partial charge in [0.2, 0.25) is 0 Å². The molecule has 2 aromatic rings. The monoisotopic (exact) mass is 377 g/mol. The van der Waals surface area contributed by atoms with E-state index in [1.54, 1.807) is 12.1 Å². The van der Waals surface area contributed by atoms with E-state index in [2.05, 4.69) is 21.2 Å². The molecule has 23 heavy (non-hydrogen) atoms. The van der Waals surface area contributed by atoms with Gasteiger partial charge in [-0.05, 0) is 29.8 Å². The number of benzene rings is 2. The van der Waals surface area contributed by atoms with E-state index in [0.29, 0.717) is 5.75 Å². The summed E-state index contributed by atoms with van der Waals surface area (Å²) in [6.45, 7) is -0.167. The largest absolute Gasteiger partial charge is 0.484 e. The predicted octanol–water partition coefficient (Wildman–Crippen LogP) is 2.69. The van der Waals surface area contributed by atoms with E-state index in [1.807, 2.05) is 42.5 Å². The zero-order valence-corrected chi connectivity index (χ0v) is 13.9. The van der Waals surface area contributed by atoms with E-state index < -0.39 is 5.97 Å². The zero-order valence-electron chi connectivity index (χ0n) is 12.3. The smallest absolute Gasteiger partial charge is 0.325 e. The number of rotatable bonds is 7. The van der Waals surface area contributed by atoms with Crippen molar-refractivity contribution < 1.29 is 19.1 Å². The van der Waals surface area contributed by atoms with Crippen LogP contribution in [0.3, 0.4) is 0 Å². The fourth-order valence-corrected chi connectivity index (χ4v) is 1.95. The van der Waals surface area contributed by atoms with Crippen molar-refractivity contribution >= 4 is 27.8 Å². The van der Waals surface area contributed by atoms with E-state index in [4.69, 9.17) is 9.47 Å².